The van der Waals surface area contributed by atoms with Gasteiger partial charge in [0.05, 0.1) is 0 Å². The molecule has 42 heavy (non-hydrogen) atoms. The molecule has 2 aliphatic heterocycles. The molecule has 1 aromatic carbocycles. The van der Waals surface area contributed by atoms with Crippen molar-refractivity contribution in [1.29, 1.82) is 0 Å². The average molecular weight is 600 g/mol. The summed E-state index contributed by atoms with van der Waals surface area (Å²) in [5.41, 5.74) is 5.78. The maximum Gasteiger partial charge on any atom is 0.246 e. The van der Waals surface area contributed by atoms with Crippen LogP contribution >= 0.6 is 11.6 Å². The molecule has 2 aliphatic carbocycles. The first-order chi connectivity index (χ1) is 19.6. The van der Waals surface area contributed by atoms with Crippen LogP contribution in [0.15, 0.2) is 24.3 Å². The molecule has 2 heterocycles. The second-order valence-corrected chi connectivity index (χ2v) is 14.5. The van der Waals surface area contributed by atoms with Crippen LogP contribution in [0.2, 0.25) is 5.02 Å². The second-order valence-electron chi connectivity index (χ2n) is 14.1. The quantitative estimate of drug-likeness (QED) is 0.342. The maximum absolute atomic E-state index is 14.2. The smallest absolute Gasteiger partial charge is 0.246 e. The second kappa shape index (κ2) is 10.8. The van der Waals surface area contributed by atoms with Crippen LogP contribution in [-0.4, -0.2) is 65.7 Å². The van der Waals surface area contributed by atoms with Crippen LogP contribution in [0.3, 0.4) is 0 Å². The van der Waals surface area contributed by atoms with E-state index in [2.05, 4.69) is 29.8 Å². The standard InChI is InChI=1S/C31H42ClN5O5/c1-30(2,3)24(36-27(40)18-13-17(18)16-8-6-7-9-20(16)32)29(42)37-14-19-22(31(19,4)5)23(37)28(41)35-21(25(33)38)12-15-10-11-34-26(15)39/h6-9,15,17-19,21-24H,10-14H2,1-5H3,(H2,33,38)(H,34,39)(H,35,41)(H,36,40)/t15?,17-,18+,19-,21?,22-,23-,24?/m0/s1. The largest absolute Gasteiger partial charge is 0.368 e. The summed E-state index contributed by atoms with van der Waals surface area (Å²) in [6.45, 7) is 10.7. The van der Waals surface area contributed by atoms with Gasteiger partial charge in [0.25, 0.3) is 0 Å². The van der Waals surface area contributed by atoms with Crippen molar-refractivity contribution in [3.63, 3.8) is 0 Å². The van der Waals surface area contributed by atoms with Crippen molar-refractivity contribution in [1.82, 2.24) is 20.9 Å². The molecule has 5 rings (SSSR count). The van der Waals surface area contributed by atoms with Gasteiger partial charge in [-0.15, -0.1) is 0 Å². The Morgan fingerprint density at radius 1 is 1.14 bits per heavy atom. The van der Waals surface area contributed by atoms with Crippen molar-refractivity contribution in [2.45, 2.75) is 77.9 Å². The number of nitrogens with zero attached hydrogens (tertiary/aromatic N) is 1. The van der Waals surface area contributed by atoms with E-state index >= 15 is 0 Å². The predicted molar refractivity (Wildman–Crippen MR) is 157 cm³/mol. The predicted octanol–water partition coefficient (Wildman–Crippen LogP) is 1.95. The van der Waals surface area contributed by atoms with Gasteiger partial charge in [0, 0.05) is 29.9 Å². The van der Waals surface area contributed by atoms with Gasteiger partial charge in [-0.3, -0.25) is 24.0 Å². The summed E-state index contributed by atoms with van der Waals surface area (Å²) >= 11 is 6.36. The number of halogens is 1. The number of carbonyl (C=O) groups is 5. The molecule has 0 spiro atoms. The number of carbonyl (C=O) groups excluding carboxylic acids is 5. The Hall–Kier alpha value is -3.14. The lowest BCUT2D eigenvalue weighted by Crippen LogP contribution is -2.60. The Balaban J connectivity index is 1.32. The molecular weight excluding hydrogens is 558 g/mol. The molecule has 4 aliphatic rings. The lowest BCUT2D eigenvalue weighted by atomic mass is 9.85. The SMILES string of the molecule is CC(C)(C)C(NC(=O)[C@@H]1C[C@H]1c1ccccc1Cl)C(=O)N1C[C@H]2[C@@H]([C@H]1C(=O)NC(CC1CCNC1=O)C(N)=O)C2(C)C. The molecule has 4 fully saturated rings. The first-order valence-electron chi connectivity index (χ1n) is 14.9. The van der Waals surface area contributed by atoms with Crippen molar-refractivity contribution >= 4 is 41.1 Å². The van der Waals surface area contributed by atoms with Crippen LogP contribution in [-0.2, 0) is 24.0 Å². The number of piperidine rings is 1. The summed E-state index contributed by atoms with van der Waals surface area (Å²) in [7, 11) is 0. The Morgan fingerprint density at radius 3 is 2.43 bits per heavy atom. The van der Waals surface area contributed by atoms with Crippen LogP contribution in [0.4, 0.5) is 0 Å². The van der Waals surface area contributed by atoms with Gasteiger partial charge in [-0.25, -0.2) is 0 Å². The molecular formula is C31H42ClN5O5. The third kappa shape index (κ3) is 5.62. The number of rotatable bonds is 9. The summed E-state index contributed by atoms with van der Waals surface area (Å²) in [5.74, 6) is -2.52. The minimum Gasteiger partial charge on any atom is -0.368 e. The Labute approximate surface area is 251 Å². The zero-order valence-corrected chi connectivity index (χ0v) is 25.7. The van der Waals surface area contributed by atoms with Gasteiger partial charge in [0.1, 0.15) is 18.1 Å². The van der Waals surface area contributed by atoms with E-state index in [1.54, 1.807) is 4.90 Å². The van der Waals surface area contributed by atoms with Gasteiger partial charge in [-0.2, -0.15) is 0 Å². The molecule has 0 aromatic heterocycles. The van der Waals surface area contributed by atoms with E-state index < -0.39 is 41.3 Å². The van der Waals surface area contributed by atoms with Gasteiger partial charge in [0.2, 0.25) is 29.5 Å². The lowest BCUT2D eigenvalue weighted by molar-refractivity contribution is -0.146. The number of hydrogen-bond acceptors (Lipinski definition) is 5. The van der Waals surface area contributed by atoms with Crippen molar-refractivity contribution in [3.8, 4) is 0 Å². The fraction of sp³-hybridized carbons (Fsp3) is 0.645. The van der Waals surface area contributed by atoms with E-state index in [0.717, 1.165) is 5.56 Å². The number of primary amides is 1. The molecule has 0 radical (unpaired) electrons. The van der Waals surface area contributed by atoms with E-state index in [9.17, 15) is 24.0 Å². The number of nitrogens with two attached hydrogens (primary N) is 1. The van der Waals surface area contributed by atoms with Crippen molar-refractivity contribution < 1.29 is 24.0 Å². The molecule has 5 N–H and O–H groups in total. The fourth-order valence-corrected chi connectivity index (χ4v) is 7.41. The highest BCUT2D eigenvalue weighted by Crippen LogP contribution is 2.65. The number of benzene rings is 1. The number of nitrogens with one attached hydrogen (secondary N) is 3. The molecule has 1 aromatic rings. The molecule has 3 unspecified atom stereocenters. The van der Waals surface area contributed by atoms with Crippen LogP contribution in [0.5, 0.6) is 0 Å². The summed E-state index contributed by atoms with van der Waals surface area (Å²) in [5, 5.41) is 9.15. The molecule has 8 atom stereocenters. The van der Waals surface area contributed by atoms with E-state index in [1.807, 2.05) is 45.0 Å². The number of amides is 5. The molecule has 10 nitrogen and oxygen atoms in total. The highest BCUT2D eigenvalue weighted by Gasteiger charge is 2.70. The van der Waals surface area contributed by atoms with Crippen LogP contribution in [0, 0.1) is 34.5 Å². The Kier molecular flexibility index (Phi) is 7.83. The topological polar surface area (TPSA) is 151 Å². The van der Waals surface area contributed by atoms with E-state index in [1.165, 1.54) is 0 Å². The summed E-state index contributed by atoms with van der Waals surface area (Å²) in [4.78, 5) is 67.3. The molecule has 11 heteroatoms. The molecule has 2 saturated carbocycles. The minimum absolute atomic E-state index is 0.000796. The van der Waals surface area contributed by atoms with Gasteiger partial charge in [-0.05, 0) is 59.5 Å². The van der Waals surface area contributed by atoms with Crippen LogP contribution in [0.25, 0.3) is 0 Å². The first kappa shape index (κ1) is 30.3. The first-order valence-corrected chi connectivity index (χ1v) is 15.2. The number of likely N-dealkylation sites (tertiary alicyclic amines) is 1. The summed E-state index contributed by atoms with van der Waals surface area (Å²) in [6, 6.07) is 4.78. The van der Waals surface area contributed by atoms with Crippen molar-refractivity contribution in [3.05, 3.63) is 34.9 Å². The van der Waals surface area contributed by atoms with Crippen molar-refractivity contribution in [2.24, 2.45) is 40.2 Å². The molecule has 228 valence electrons. The average Bonchev–Trinajstić information content (AvgIpc) is 3.64. The van der Waals surface area contributed by atoms with Gasteiger partial charge >= 0.3 is 0 Å². The van der Waals surface area contributed by atoms with E-state index in [4.69, 9.17) is 17.3 Å². The molecule has 5 amide bonds. The zero-order valence-electron chi connectivity index (χ0n) is 24.9. The maximum atomic E-state index is 14.2. The lowest BCUT2D eigenvalue weighted by Gasteiger charge is -2.38. The van der Waals surface area contributed by atoms with Crippen LogP contribution in [0.1, 0.15) is 65.4 Å². The van der Waals surface area contributed by atoms with E-state index in [-0.39, 0.29) is 53.2 Å². The van der Waals surface area contributed by atoms with Crippen LogP contribution < -0.4 is 21.7 Å². The van der Waals surface area contributed by atoms with E-state index in [0.29, 0.717) is 31.0 Å². The third-order valence-electron chi connectivity index (χ3n) is 9.93. The summed E-state index contributed by atoms with van der Waals surface area (Å²) in [6.07, 6.45) is 1.33. The van der Waals surface area contributed by atoms with Crippen molar-refractivity contribution in [2.75, 3.05) is 13.1 Å². The van der Waals surface area contributed by atoms with Gasteiger partial charge in [-0.1, -0.05) is 64.4 Å². The zero-order chi connectivity index (χ0) is 30.7. The number of hydrogen-bond donors (Lipinski definition) is 4. The Bertz CT molecular complexity index is 1310. The minimum atomic E-state index is -1.03. The molecule has 0 bridgehead atoms. The third-order valence-corrected chi connectivity index (χ3v) is 10.3. The van der Waals surface area contributed by atoms with Gasteiger partial charge in [0.15, 0.2) is 0 Å². The highest BCUT2D eigenvalue weighted by atomic mass is 35.5. The number of fused-ring (bicyclic) bond motifs is 1. The Morgan fingerprint density at radius 2 is 1.83 bits per heavy atom. The summed E-state index contributed by atoms with van der Waals surface area (Å²) < 4.78 is 0. The fourth-order valence-electron chi connectivity index (χ4n) is 7.14. The monoisotopic (exact) mass is 599 g/mol. The van der Waals surface area contributed by atoms with Gasteiger partial charge < -0.3 is 26.6 Å². The molecule has 2 saturated heterocycles. The normalized spacial score (nSPS) is 30.5. The highest BCUT2D eigenvalue weighted by molar-refractivity contribution is 6.31.